The van der Waals surface area contributed by atoms with E-state index in [9.17, 15) is 14.0 Å². The summed E-state index contributed by atoms with van der Waals surface area (Å²) in [7, 11) is 0. The van der Waals surface area contributed by atoms with Crippen molar-refractivity contribution in [3.05, 3.63) is 63.9 Å². The minimum atomic E-state index is -0.406. The Morgan fingerprint density at radius 2 is 1.79 bits per heavy atom. The standard InChI is InChI=1S/C17H15Cl2FN2O2/c1-11(23)22(9-12-2-5-14(20)6-3-12)10-17(24)21-16-8-13(18)4-7-15(16)19/h2-8H,9-10H2,1H3,(H,21,24). The maximum atomic E-state index is 12.9. The van der Waals surface area contributed by atoms with Gasteiger partial charge in [-0.15, -0.1) is 0 Å². The first-order valence-electron chi connectivity index (χ1n) is 7.10. The normalized spacial score (nSPS) is 10.3. The van der Waals surface area contributed by atoms with Crippen LogP contribution in [0.4, 0.5) is 10.1 Å². The highest BCUT2D eigenvalue weighted by Gasteiger charge is 2.15. The second-order valence-corrected chi connectivity index (χ2v) is 6.02. The van der Waals surface area contributed by atoms with Gasteiger partial charge >= 0.3 is 0 Å². The molecule has 2 rings (SSSR count). The summed E-state index contributed by atoms with van der Waals surface area (Å²) in [6.07, 6.45) is 0. The molecule has 0 aliphatic carbocycles. The number of anilines is 1. The fourth-order valence-electron chi connectivity index (χ4n) is 2.05. The monoisotopic (exact) mass is 368 g/mol. The number of carbonyl (C=O) groups excluding carboxylic acids is 2. The molecule has 2 amide bonds. The van der Waals surface area contributed by atoms with Crippen molar-refractivity contribution in [2.75, 3.05) is 11.9 Å². The topological polar surface area (TPSA) is 49.4 Å². The van der Waals surface area contributed by atoms with Gasteiger partial charge in [0.15, 0.2) is 0 Å². The van der Waals surface area contributed by atoms with E-state index >= 15 is 0 Å². The van der Waals surface area contributed by atoms with E-state index in [2.05, 4.69) is 5.32 Å². The predicted molar refractivity (Wildman–Crippen MR) is 92.6 cm³/mol. The highest BCUT2D eigenvalue weighted by atomic mass is 35.5. The van der Waals surface area contributed by atoms with Gasteiger partial charge in [-0.3, -0.25) is 9.59 Å². The molecule has 0 unspecified atom stereocenters. The van der Waals surface area contributed by atoms with Crippen LogP contribution < -0.4 is 5.32 Å². The summed E-state index contributed by atoms with van der Waals surface area (Å²) in [5.74, 6) is -1.04. The van der Waals surface area contributed by atoms with Crippen LogP contribution in [0.5, 0.6) is 0 Å². The number of carbonyl (C=O) groups is 2. The molecular weight excluding hydrogens is 354 g/mol. The maximum Gasteiger partial charge on any atom is 0.244 e. The van der Waals surface area contributed by atoms with E-state index in [0.717, 1.165) is 5.56 Å². The molecule has 7 heteroatoms. The SMILES string of the molecule is CC(=O)N(CC(=O)Nc1cc(Cl)ccc1Cl)Cc1ccc(F)cc1. The molecule has 0 atom stereocenters. The lowest BCUT2D eigenvalue weighted by molar-refractivity contribution is -0.133. The molecule has 0 aliphatic rings. The molecule has 126 valence electrons. The van der Waals surface area contributed by atoms with Crippen LogP contribution in [-0.2, 0) is 16.1 Å². The largest absolute Gasteiger partial charge is 0.329 e. The first kappa shape index (κ1) is 18.2. The Hall–Kier alpha value is -2.11. The van der Waals surface area contributed by atoms with Crippen LogP contribution in [-0.4, -0.2) is 23.3 Å². The van der Waals surface area contributed by atoms with Gasteiger partial charge in [-0.2, -0.15) is 0 Å². The van der Waals surface area contributed by atoms with E-state index in [1.807, 2.05) is 0 Å². The highest BCUT2D eigenvalue weighted by molar-refractivity contribution is 6.35. The third-order valence-electron chi connectivity index (χ3n) is 3.27. The Balaban J connectivity index is 2.04. The van der Waals surface area contributed by atoms with Crippen LogP contribution in [0.1, 0.15) is 12.5 Å². The van der Waals surface area contributed by atoms with E-state index in [-0.39, 0.29) is 24.8 Å². The lowest BCUT2D eigenvalue weighted by Crippen LogP contribution is -2.36. The fourth-order valence-corrected chi connectivity index (χ4v) is 2.38. The molecule has 0 radical (unpaired) electrons. The number of nitrogens with one attached hydrogen (secondary N) is 1. The molecule has 4 nitrogen and oxygen atoms in total. The predicted octanol–water partition coefficient (Wildman–Crippen LogP) is 4.12. The zero-order valence-electron chi connectivity index (χ0n) is 12.9. The van der Waals surface area contributed by atoms with Crippen LogP contribution in [0.15, 0.2) is 42.5 Å². The van der Waals surface area contributed by atoms with Gasteiger partial charge in [0.25, 0.3) is 0 Å². The van der Waals surface area contributed by atoms with Gasteiger partial charge in [-0.1, -0.05) is 35.3 Å². The number of hydrogen-bond acceptors (Lipinski definition) is 2. The van der Waals surface area contributed by atoms with E-state index in [4.69, 9.17) is 23.2 Å². The van der Waals surface area contributed by atoms with Crippen molar-refractivity contribution in [1.29, 1.82) is 0 Å². The molecule has 0 saturated heterocycles. The summed E-state index contributed by atoms with van der Waals surface area (Å²) >= 11 is 11.9. The van der Waals surface area contributed by atoms with E-state index in [0.29, 0.717) is 15.7 Å². The first-order chi connectivity index (χ1) is 11.3. The van der Waals surface area contributed by atoms with Crippen molar-refractivity contribution >= 4 is 40.7 Å². The molecule has 0 aromatic heterocycles. The molecule has 2 aromatic carbocycles. The highest BCUT2D eigenvalue weighted by Crippen LogP contribution is 2.25. The zero-order chi connectivity index (χ0) is 17.7. The van der Waals surface area contributed by atoms with Crippen molar-refractivity contribution in [3.8, 4) is 0 Å². The number of amides is 2. The average Bonchev–Trinajstić information content (AvgIpc) is 2.52. The van der Waals surface area contributed by atoms with Crippen LogP contribution in [0.25, 0.3) is 0 Å². The zero-order valence-corrected chi connectivity index (χ0v) is 14.4. The minimum Gasteiger partial charge on any atom is -0.329 e. The fraction of sp³-hybridized carbons (Fsp3) is 0.176. The van der Waals surface area contributed by atoms with Crippen molar-refractivity contribution in [2.45, 2.75) is 13.5 Å². The summed E-state index contributed by atoms with van der Waals surface area (Å²) in [5.41, 5.74) is 1.10. The van der Waals surface area contributed by atoms with Crippen LogP contribution >= 0.6 is 23.2 Å². The summed E-state index contributed by atoms with van der Waals surface area (Å²) in [4.78, 5) is 25.3. The quantitative estimate of drug-likeness (QED) is 0.862. The van der Waals surface area contributed by atoms with Gasteiger partial charge in [0.05, 0.1) is 10.7 Å². The average molecular weight is 369 g/mol. The van der Waals surface area contributed by atoms with Crippen LogP contribution in [0, 0.1) is 5.82 Å². The number of rotatable bonds is 5. The molecule has 0 aliphatic heterocycles. The number of nitrogens with zero attached hydrogens (tertiary/aromatic N) is 1. The third-order valence-corrected chi connectivity index (χ3v) is 3.83. The molecule has 2 aromatic rings. The summed E-state index contributed by atoms with van der Waals surface area (Å²) in [6.45, 7) is 1.41. The van der Waals surface area contributed by atoms with E-state index < -0.39 is 5.91 Å². The van der Waals surface area contributed by atoms with Crippen LogP contribution in [0.3, 0.4) is 0 Å². The molecule has 1 N–H and O–H groups in total. The lowest BCUT2D eigenvalue weighted by atomic mass is 10.2. The summed E-state index contributed by atoms with van der Waals surface area (Å²) < 4.78 is 12.9. The van der Waals surface area contributed by atoms with Gasteiger partial charge < -0.3 is 10.2 Å². The first-order valence-corrected chi connectivity index (χ1v) is 7.85. The molecule has 0 saturated carbocycles. The second kappa shape index (κ2) is 8.13. The Labute approximate surface area is 149 Å². The van der Waals surface area contributed by atoms with Gasteiger partial charge in [-0.25, -0.2) is 4.39 Å². The maximum absolute atomic E-state index is 12.9. The Morgan fingerprint density at radius 3 is 2.42 bits per heavy atom. The second-order valence-electron chi connectivity index (χ2n) is 5.17. The summed E-state index contributed by atoms with van der Waals surface area (Å²) in [5, 5.41) is 3.40. The molecule has 24 heavy (non-hydrogen) atoms. The summed E-state index contributed by atoms with van der Waals surface area (Å²) in [6, 6.07) is 10.4. The van der Waals surface area contributed by atoms with Crippen molar-refractivity contribution in [1.82, 2.24) is 4.90 Å². The third kappa shape index (κ3) is 5.22. The van der Waals surface area contributed by atoms with Gasteiger partial charge in [0.1, 0.15) is 12.4 Å². The number of hydrogen-bond donors (Lipinski definition) is 1. The van der Waals surface area contributed by atoms with Gasteiger partial charge in [0.2, 0.25) is 11.8 Å². The van der Waals surface area contributed by atoms with Gasteiger partial charge in [-0.05, 0) is 35.9 Å². The Bertz CT molecular complexity index is 751. The molecule has 0 fully saturated rings. The van der Waals surface area contributed by atoms with E-state index in [1.165, 1.54) is 30.0 Å². The van der Waals surface area contributed by atoms with Crippen molar-refractivity contribution in [3.63, 3.8) is 0 Å². The van der Waals surface area contributed by atoms with Gasteiger partial charge in [0, 0.05) is 18.5 Å². The Morgan fingerprint density at radius 1 is 1.12 bits per heavy atom. The van der Waals surface area contributed by atoms with Crippen LogP contribution in [0.2, 0.25) is 10.0 Å². The van der Waals surface area contributed by atoms with E-state index in [1.54, 1.807) is 24.3 Å². The molecule has 0 bridgehead atoms. The number of halogens is 3. The Kier molecular flexibility index (Phi) is 6.17. The van der Waals surface area contributed by atoms with Crippen molar-refractivity contribution < 1.29 is 14.0 Å². The molecule has 0 heterocycles. The molecule has 0 spiro atoms. The lowest BCUT2D eigenvalue weighted by Gasteiger charge is -2.21. The molecular formula is C17H15Cl2FN2O2. The minimum absolute atomic E-state index is 0.157. The number of benzene rings is 2. The smallest absolute Gasteiger partial charge is 0.244 e. The van der Waals surface area contributed by atoms with Crippen molar-refractivity contribution in [2.24, 2.45) is 0 Å².